The van der Waals surface area contributed by atoms with Gasteiger partial charge in [-0.3, -0.25) is 0 Å². The van der Waals surface area contributed by atoms with E-state index in [0.29, 0.717) is 5.69 Å². The van der Waals surface area contributed by atoms with Crippen LogP contribution in [0.2, 0.25) is 0 Å². The van der Waals surface area contributed by atoms with Gasteiger partial charge in [0.25, 0.3) is 0 Å². The highest BCUT2D eigenvalue weighted by atomic mass is 79.9. The fourth-order valence-corrected chi connectivity index (χ4v) is 1.91. The SMILES string of the molecule is Cc1cc(Oc2cccc(N)c2)cc(C)c1Br. The van der Waals surface area contributed by atoms with Crippen LogP contribution in [0, 0.1) is 13.8 Å². The predicted molar refractivity (Wildman–Crippen MR) is 74.5 cm³/mol. The number of aryl methyl sites for hydroxylation is 2. The van der Waals surface area contributed by atoms with Crippen molar-refractivity contribution in [1.29, 1.82) is 0 Å². The molecule has 2 N–H and O–H groups in total. The van der Waals surface area contributed by atoms with Gasteiger partial charge in [-0.05, 0) is 49.2 Å². The van der Waals surface area contributed by atoms with Crippen molar-refractivity contribution < 1.29 is 4.74 Å². The first-order valence-electron chi connectivity index (χ1n) is 5.36. The number of anilines is 1. The van der Waals surface area contributed by atoms with Gasteiger partial charge in [-0.1, -0.05) is 22.0 Å². The molecule has 0 saturated carbocycles. The van der Waals surface area contributed by atoms with Gasteiger partial charge in [0.1, 0.15) is 11.5 Å². The van der Waals surface area contributed by atoms with Gasteiger partial charge in [0.15, 0.2) is 0 Å². The molecule has 0 bridgehead atoms. The summed E-state index contributed by atoms with van der Waals surface area (Å²) in [5.41, 5.74) is 8.72. The van der Waals surface area contributed by atoms with Gasteiger partial charge in [0.2, 0.25) is 0 Å². The maximum absolute atomic E-state index is 5.78. The van der Waals surface area contributed by atoms with Crippen molar-refractivity contribution in [3.63, 3.8) is 0 Å². The first kappa shape index (κ1) is 12.0. The molecule has 2 aromatic rings. The number of hydrogen-bond acceptors (Lipinski definition) is 2. The zero-order valence-electron chi connectivity index (χ0n) is 9.83. The van der Waals surface area contributed by atoms with Gasteiger partial charge in [0.05, 0.1) is 0 Å². The molecular formula is C14H14BrNO. The second kappa shape index (κ2) is 4.80. The number of hydrogen-bond donors (Lipinski definition) is 1. The molecule has 0 radical (unpaired) electrons. The van der Waals surface area contributed by atoms with E-state index in [0.717, 1.165) is 27.1 Å². The standard InChI is InChI=1S/C14H14BrNO/c1-9-6-13(7-10(2)14(9)15)17-12-5-3-4-11(16)8-12/h3-8H,16H2,1-2H3. The quantitative estimate of drug-likeness (QED) is 0.830. The summed E-state index contributed by atoms with van der Waals surface area (Å²) in [7, 11) is 0. The van der Waals surface area contributed by atoms with E-state index in [-0.39, 0.29) is 0 Å². The second-order valence-electron chi connectivity index (χ2n) is 4.05. The van der Waals surface area contributed by atoms with Gasteiger partial charge in [0, 0.05) is 16.2 Å². The molecule has 0 amide bonds. The summed E-state index contributed by atoms with van der Waals surface area (Å²) >= 11 is 3.53. The molecule has 0 fully saturated rings. The maximum Gasteiger partial charge on any atom is 0.129 e. The van der Waals surface area contributed by atoms with Crippen LogP contribution in [0.3, 0.4) is 0 Å². The number of benzene rings is 2. The third-order valence-electron chi connectivity index (χ3n) is 2.50. The lowest BCUT2D eigenvalue weighted by Gasteiger charge is -2.10. The molecule has 0 spiro atoms. The Bertz CT molecular complexity index is 529. The minimum Gasteiger partial charge on any atom is -0.457 e. The fourth-order valence-electron chi connectivity index (χ4n) is 1.68. The normalized spacial score (nSPS) is 10.3. The molecule has 0 aliphatic rings. The lowest BCUT2D eigenvalue weighted by Crippen LogP contribution is -1.90. The fraction of sp³-hybridized carbons (Fsp3) is 0.143. The van der Waals surface area contributed by atoms with Crippen molar-refractivity contribution in [2.45, 2.75) is 13.8 Å². The van der Waals surface area contributed by atoms with Crippen LogP contribution < -0.4 is 10.5 Å². The Hall–Kier alpha value is -1.48. The average molecular weight is 292 g/mol. The average Bonchev–Trinajstić information content (AvgIpc) is 2.26. The number of halogens is 1. The Morgan fingerprint density at radius 1 is 1.00 bits per heavy atom. The molecule has 0 aromatic heterocycles. The molecule has 0 aliphatic carbocycles. The molecule has 3 heteroatoms. The molecule has 88 valence electrons. The van der Waals surface area contributed by atoms with E-state index in [1.54, 1.807) is 0 Å². The van der Waals surface area contributed by atoms with Crippen molar-refractivity contribution >= 4 is 21.6 Å². The Balaban J connectivity index is 2.31. The highest BCUT2D eigenvalue weighted by Crippen LogP contribution is 2.29. The highest BCUT2D eigenvalue weighted by Gasteiger charge is 2.04. The third kappa shape index (κ3) is 2.80. The smallest absolute Gasteiger partial charge is 0.129 e. The van der Waals surface area contributed by atoms with Crippen molar-refractivity contribution in [3.05, 3.63) is 52.0 Å². The van der Waals surface area contributed by atoms with Crippen molar-refractivity contribution in [2.24, 2.45) is 0 Å². The van der Waals surface area contributed by atoms with Gasteiger partial charge in [-0.15, -0.1) is 0 Å². The van der Waals surface area contributed by atoms with E-state index < -0.39 is 0 Å². The molecule has 2 rings (SSSR count). The highest BCUT2D eigenvalue weighted by molar-refractivity contribution is 9.10. The van der Waals surface area contributed by atoms with Crippen LogP contribution in [0.25, 0.3) is 0 Å². The Morgan fingerprint density at radius 3 is 2.24 bits per heavy atom. The lowest BCUT2D eigenvalue weighted by molar-refractivity contribution is 0.482. The molecule has 2 nitrogen and oxygen atoms in total. The van der Waals surface area contributed by atoms with Crippen molar-refractivity contribution in [1.82, 2.24) is 0 Å². The van der Waals surface area contributed by atoms with Gasteiger partial charge >= 0.3 is 0 Å². The van der Waals surface area contributed by atoms with Crippen LogP contribution in [-0.2, 0) is 0 Å². The Morgan fingerprint density at radius 2 is 1.65 bits per heavy atom. The second-order valence-corrected chi connectivity index (χ2v) is 4.84. The number of rotatable bonds is 2. The number of ether oxygens (including phenoxy) is 1. The maximum atomic E-state index is 5.78. The van der Waals surface area contributed by atoms with E-state index in [9.17, 15) is 0 Å². The predicted octanol–water partition coefficient (Wildman–Crippen LogP) is 4.44. The Labute approximate surface area is 110 Å². The summed E-state index contributed by atoms with van der Waals surface area (Å²) in [5, 5.41) is 0. The minimum atomic E-state index is 0.702. The molecule has 2 aromatic carbocycles. The topological polar surface area (TPSA) is 35.2 Å². The zero-order valence-corrected chi connectivity index (χ0v) is 11.4. The Kier molecular flexibility index (Phi) is 3.38. The van der Waals surface area contributed by atoms with Crippen LogP contribution in [0.15, 0.2) is 40.9 Å². The number of nitrogen functional groups attached to an aromatic ring is 1. The lowest BCUT2D eigenvalue weighted by atomic mass is 10.1. The molecule has 0 saturated heterocycles. The summed E-state index contributed by atoms with van der Waals surface area (Å²) in [6.07, 6.45) is 0. The largest absolute Gasteiger partial charge is 0.457 e. The van der Waals surface area contributed by atoms with Crippen LogP contribution in [-0.4, -0.2) is 0 Å². The first-order chi connectivity index (χ1) is 8.06. The van der Waals surface area contributed by atoms with Crippen molar-refractivity contribution in [2.75, 3.05) is 5.73 Å². The first-order valence-corrected chi connectivity index (χ1v) is 6.15. The summed E-state index contributed by atoms with van der Waals surface area (Å²) in [5.74, 6) is 1.58. The van der Waals surface area contributed by atoms with E-state index in [1.807, 2.05) is 50.2 Å². The van der Waals surface area contributed by atoms with E-state index in [2.05, 4.69) is 15.9 Å². The number of nitrogens with two attached hydrogens (primary N) is 1. The van der Waals surface area contributed by atoms with E-state index in [4.69, 9.17) is 10.5 Å². The molecular weight excluding hydrogens is 278 g/mol. The molecule has 0 aliphatic heterocycles. The molecule has 0 atom stereocenters. The van der Waals surface area contributed by atoms with Gasteiger partial charge in [-0.25, -0.2) is 0 Å². The van der Waals surface area contributed by atoms with Crippen molar-refractivity contribution in [3.8, 4) is 11.5 Å². The summed E-state index contributed by atoms with van der Waals surface area (Å²) < 4.78 is 6.90. The minimum absolute atomic E-state index is 0.702. The van der Waals surface area contributed by atoms with E-state index in [1.165, 1.54) is 0 Å². The molecule has 0 heterocycles. The molecule has 0 unspecified atom stereocenters. The van der Waals surface area contributed by atoms with Crippen LogP contribution in [0.4, 0.5) is 5.69 Å². The summed E-state index contributed by atoms with van der Waals surface area (Å²) in [6.45, 7) is 4.09. The van der Waals surface area contributed by atoms with Gasteiger partial charge < -0.3 is 10.5 Å². The monoisotopic (exact) mass is 291 g/mol. The third-order valence-corrected chi connectivity index (χ3v) is 3.75. The van der Waals surface area contributed by atoms with Crippen LogP contribution >= 0.6 is 15.9 Å². The molecule has 17 heavy (non-hydrogen) atoms. The summed E-state index contributed by atoms with van der Waals surface area (Å²) in [4.78, 5) is 0. The summed E-state index contributed by atoms with van der Waals surface area (Å²) in [6, 6.07) is 11.4. The zero-order chi connectivity index (χ0) is 12.4. The van der Waals surface area contributed by atoms with Crippen LogP contribution in [0.5, 0.6) is 11.5 Å². The van der Waals surface area contributed by atoms with Crippen LogP contribution in [0.1, 0.15) is 11.1 Å². The van der Waals surface area contributed by atoms with Gasteiger partial charge in [-0.2, -0.15) is 0 Å². The van der Waals surface area contributed by atoms with E-state index >= 15 is 0 Å².